The molecule has 0 atom stereocenters. The van der Waals surface area contributed by atoms with Crippen molar-refractivity contribution in [1.82, 2.24) is 5.32 Å². The van der Waals surface area contributed by atoms with Crippen molar-refractivity contribution < 1.29 is 19.2 Å². The van der Waals surface area contributed by atoms with Gasteiger partial charge in [0, 0.05) is 0 Å². The van der Waals surface area contributed by atoms with Crippen molar-refractivity contribution >= 4 is 5.91 Å². The Bertz CT molecular complexity index is 570. The second-order valence-electron chi connectivity index (χ2n) is 8.75. The van der Waals surface area contributed by atoms with Crippen molar-refractivity contribution in [3.8, 4) is 5.75 Å². The third kappa shape index (κ3) is 6.29. The van der Waals surface area contributed by atoms with Crippen LogP contribution in [0.15, 0.2) is 24.3 Å². The maximum Gasteiger partial charge on any atom is 0.223 e. The number of amides is 1. The van der Waals surface area contributed by atoms with E-state index >= 15 is 0 Å². The van der Waals surface area contributed by atoms with E-state index in [1.54, 1.807) is 0 Å². The lowest BCUT2D eigenvalue weighted by atomic mass is 9.87. The van der Waals surface area contributed by atoms with Gasteiger partial charge in [0.05, 0.1) is 32.8 Å². The molecule has 26 heavy (non-hydrogen) atoms. The topological polar surface area (TPSA) is 52.0 Å². The summed E-state index contributed by atoms with van der Waals surface area (Å²) in [4.78, 5) is 13.6. The summed E-state index contributed by atoms with van der Waals surface area (Å²) in [7, 11) is 0. The first-order valence-electron chi connectivity index (χ1n) is 9.61. The average molecular weight is 364 g/mol. The van der Waals surface area contributed by atoms with Crippen molar-refractivity contribution in [3.05, 3.63) is 29.8 Å². The number of ether oxygens (including phenoxy) is 2. The smallest absolute Gasteiger partial charge is 0.223 e. The molecule has 0 bridgehead atoms. The molecule has 1 saturated heterocycles. The zero-order chi connectivity index (χ0) is 19.2. The normalized spacial score (nSPS) is 16.3. The van der Waals surface area contributed by atoms with Gasteiger partial charge in [-0.2, -0.15) is 0 Å². The van der Waals surface area contributed by atoms with E-state index in [4.69, 9.17) is 9.47 Å². The van der Waals surface area contributed by atoms with E-state index in [9.17, 15) is 4.79 Å². The van der Waals surface area contributed by atoms with Gasteiger partial charge in [-0.05, 0) is 37.0 Å². The summed E-state index contributed by atoms with van der Waals surface area (Å²) in [5.41, 5.74) is 1.42. The third-order valence-electron chi connectivity index (χ3n) is 5.10. The van der Waals surface area contributed by atoms with Crippen molar-refractivity contribution in [2.75, 3.05) is 39.5 Å². The number of hydrogen-bond acceptors (Lipinski definition) is 3. The van der Waals surface area contributed by atoms with Crippen LogP contribution in [0.3, 0.4) is 0 Å². The zero-order valence-electron chi connectivity index (χ0n) is 17.0. The molecule has 1 aromatic rings. The Hall–Kier alpha value is -1.59. The van der Waals surface area contributed by atoms with Crippen LogP contribution in [0.25, 0.3) is 0 Å². The molecule has 1 aliphatic rings. The van der Waals surface area contributed by atoms with E-state index in [1.807, 2.05) is 12.1 Å². The van der Waals surface area contributed by atoms with Gasteiger partial charge >= 0.3 is 0 Å². The van der Waals surface area contributed by atoms with Crippen molar-refractivity contribution in [1.29, 1.82) is 0 Å². The minimum atomic E-state index is 0.0169. The standard InChI is InChI=1S/C21H34N2O3/c1-20(2,3)17-6-8-18(9-7-17)26-13-10-19(24)22-16-21(4,5)23-11-14-25-15-12-23/h6-9H,10-16H2,1-5H3,(H,22,24)/p+1. The number of morpholine rings is 1. The largest absolute Gasteiger partial charge is 0.493 e. The van der Waals surface area contributed by atoms with Gasteiger partial charge in [0.1, 0.15) is 24.4 Å². The van der Waals surface area contributed by atoms with Gasteiger partial charge in [-0.3, -0.25) is 4.79 Å². The molecule has 0 radical (unpaired) electrons. The molecule has 1 aromatic carbocycles. The Labute approximate surface area is 158 Å². The first-order chi connectivity index (χ1) is 12.2. The highest BCUT2D eigenvalue weighted by atomic mass is 16.5. The van der Waals surface area contributed by atoms with Gasteiger partial charge in [0.15, 0.2) is 0 Å². The number of nitrogens with one attached hydrogen (secondary N) is 2. The summed E-state index contributed by atoms with van der Waals surface area (Å²) in [5, 5.41) is 3.05. The van der Waals surface area contributed by atoms with E-state index < -0.39 is 0 Å². The summed E-state index contributed by atoms with van der Waals surface area (Å²) >= 11 is 0. The molecule has 2 N–H and O–H groups in total. The molecule has 1 heterocycles. The molecular formula is C21H35N2O3+. The number of quaternary nitrogens is 1. The van der Waals surface area contributed by atoms with Crippen LogP contribution in [0.5, 0.6) is 5.75 Å². The molecule has 2 rings (SSSR count). The summed E-state index contributed by atoms with van der Waals surface area (Å²) in [5.74, 6) is 0.848. The fourth-order valence-corrected chi connectivity index (χ4v) is 3.14. The van der Waals surface area contributed by atoms with Gasteiger partial charge in [0.25, 0.3) is 0 Å². The number of benzene rings is 1. The molecule has 0 aliphatic carbocycles. The summed E-state index contributed by atoms with van der Waals surface area (Å²) < 4.78 is 11.1. The molecule has 5 nitrogen and oxygen atoms in total. The van der Waals surface area contributed by atoms with Gasteiger partial charge in [-0.25, -0.2) is 0 Å². The fourth-order valence-electron chi connectivity index (χ4n) is 3.14. The second kappa shape index (κ2) is 8.87. The summed E-state index contributed by atoms with van der Waals surface area (Å²) in [6, 6.07) is 8.12. The van der Waals surface area contributed by atoms with Crippen molar-refractivity contribution in [3.63, 3.8) is 0 Å². The molecule has 0 aromatic heterocycles. The lowest BCUT2D eigenvalue weighted by Crippen LogP contribution is -3.22. The molecule has 0 spiro atoms. The maximum absolute atomic E-state index is 12.1. The van der Waals surface area contributed by atoms with Crippen LogP contribution >= 0.6 is 0 Å². The SMILES string of the molecule is CC(C)(C)c1ccc(OCCC(=O)NCC(C)(C)[NH+]2CCOCC2)cc1. The van der Waals surface area contributed by atoms with Crippen LogP contribution in [-0.4, -0.2) is 50.9 Å². The molecule has 146 valence electrons. The lowest BCUT2D eigenvalue weighted by Gasteiger charge is -2.37. The van der Waals surface area contributed by atoms with Crippen LogP contribution < -0.4 is 15.0 Å². The Morgan fingerprint density at radius 3 is 2.31 bits per heavy atom. The number of rotatable bonds is 7. The quantitative estimate of drug-likeness (QED) is 0.773. The monoisotopic (exact) mass is 363 g/mol. The lowest BCUT2D eigenvalue weighted by molar-refractivity contribution is -0.954. The predicted molar refractivity (Wildman–Crippen MR) is 104 cm³/mol. The molecule has 0 unspecified atom stereocenters. The summed E-state index contributed by atoms with van der Waals surface area (Å²) in [6.45, 7) is 15.6. The van der Waals surface area contributed by atoms with E-state index in [0.29, 0.717) is 19.6 Å². The molecule has 0 saturated carbocycles. The highest BCUT2D eigenvalue weighted by Gasteiger charge is 2.32. The van der Waals surface area contributed by atoms with Crippen LogP contribution in [0.2, 0.25) is 0 Å². The van der Waals surface area contributed by atoms with Crippen molar-refractivity contribution in [2.24, 2.45) is 0 Å². The molecule has 5 heteroatoms. The predicted octanol–water partition coefficient (Wildman–Crippen LogP) is 1.56. The van der Waals surface area contributed by atoms with Gasteiger partial charge in [0.2, 0.25) is 5.91 Å². The number of carbonyl (C=O) groups excluding carboxylic acids is 1. The zero-order valence-corrected chi connectivity index (χ0v) is 17.0. The highest BCUT2D eigenvalue weighted by molar-refractivity contribution is 5.76. The number of hydrogen-bond donors (Lipinski definition) is 2. The Morgan fingerprint density at radius 1 is 1.12 bits per heavy atom. The van der Waals surface area contributed by atoms with Crippen LogP contribution in [0.4, 0.5) is 0 Å². The minimum Gasteiger partial charge on any atom is -0.493 e. The van der Waals surface area contributed by atoms with Crippen LogP contribution in [-0.2, 0) is 14.9 Å². The van der Waals surface area contributed by atoms with Crippen LogP contribution in [0.1, 0.15) is 46.6 Å². The average Bonchev–Trinajstić information content (AvgIpc) is 2.60. The van der Waals surface area contributed by atoms with Gasteiger partial charge < -0.3 is 19.7 Å². The molecule has 1 fully saturated rings. The molecule has 1 aliphatic heterocycles. The first-order valence-corrected chi connectivity index (χ1v) is 9.61. The molecular weight excluding hydrogens is 328 g/mol. The number of carbonyl (C=O) groups is 1. The van der Waals surface area contributed by atoms with E-state index in [0.717, 1.165) is 32.1 Å². The minimum absolute atomic E-state index is 0.0169. The van der Waals surface area contributed by atoms with E-state index in [2.05, 4.69) is 52.1 Å². The van der Waals surface area contributed by atoms with E-state index in [1.165, 1.54) is 10.5 Å². The van der Waals surface area contributed by atoms with Gasteiger partial charge in [-0.15, -0.1) is 0 Å². The Morgan fingerprint density at radius 2 is 1.73 bits per heavy atom. The second-order valence-corrected chi connectivity index (χ2v) is 8.75. The highest BCUT2D eigenvalue weighted by Crippen LogP contribution is 2.24. The Kier molecular flexibility index (Phi) is 7.07. The maximum atomic E-state index is 12.1. The Balaban J connectivity index is 1.70. The van der Waals surface area contributed by atoms with Gasteiger partial charge in [-0.1, -0.05) is 32.9 Å². The van der Waals surface area contributed by atoms with E-state index in [-0.39, 0.29) is 16.9 Å². The van der Waals surface area contributed by atoms with Crippen molar-refractivity contribution in [2.45, 2.75) is 52.0 Å². The fraction of sp³-hybridized carbons (Fsp3) is 0.667. The molecule has 1 amide bonds. The van der Waals surface area contributed by atoms with Crippen LogP contribution in [0, 0.1) is 0 Å². The first kappa shape index (κ1) is 20.7. The summed E-state index contributed by atoms with van der Waals surface area (Å²) in [6.07, 6.45) is 0.371. The third-order valence-corrected chi connectivity index (χ3v) is 5.10.